The minimum atomic E-state index is -4.75. The summed E-state index contributed by atoms with van der Waals surface area (Å²) in [5, 5.41) is 0. The molecule has 4 rings (SSSR count). The van der Waals surface area contributed by atoms with Crippen molar-refractivity contribution in [2.75, 3.05) is 19.3 Å². The second-order valence-corrected chi connectivity index (χ2v) is 11.9. The molecule has 8 nitrogen and oxygen atoms in total. The van der Waals surface area contributed by atoms with Gasteiger partial charge in [-0.05, 0) is 63.1 Å². The number of imidazole rings is 1. The number of pyridine rings is 1. The highest BCUT2D eigenvalue weighted by molar-refractivity contribution is 7.90. The van der Waals surface area contributed by atoms with E-state index in [1.54, 1.807) is 40.0 Å². The third kappa shape index (κ3) is 5.63. The fourth-order valence-electron chi connectivity index (χ4n) is 4.05. The van der Waals surface area contributed by atoms with Crippen molar-refractivity contribution >= 4 is 32.5 Å². The number of rotatable bonds is 3. The molecule has 0 saturated carbocycles. The summed E-state index contributed by atoms with van der Waals surface area (Å²) >= 11 is 0. The summed E-state index contributed by atoms with van der Waals surface area (Å²) in [6.07, 6.45) is -2.17. The zero-order chi connectivity index (χ0) is 27.3. The number of aromatic nitrogens is 3. The minimum Gasteiger partial charge on any atom is -0.444 e. The van der Waals surface area contributed by atoms with Crippen LogP contribution in [0, 0.1) is 0 Å². The van der Waals surface area contributed by atoms with E-state index in [4.69, 9.17) is 4.74 Å². The lowest BCUT2D eigenvalue weighted by Gasteiger charge is -2.29. The van der Waals surface area contributed by atoms with Gasteiger partial charge in [-0.1, -0.05) is 6.08 Å². The number of sulfone groups is 1. The monoisotopic (exact) mass is 536 g/mol. The first-order valence-corrected chi connectivity index (χ1v) is 13.4. The predicted molar refractivity (Wildman–Crippen MR) is 132 cm³/mol. The molecule has 1 aliphatic heterocycles. The van der Waals surface area contributed by atoms with Crippen LogP contribution in [0.15, 0.2) is 41.3 Å². The first-order chi connectivity index (χ1) is 17.0. The van der Waals surface area contributed by atoms with Crippen molar-refractivity contribution in [1.29, 1.82) is 0 Å². The summed E-state index contributed by atoms with van der Waals surface area (Å²) in [7, 11) is -1.83. The summed E-state index contributed by atoms with van der Waals surface area (Å²) in [6, 6.07) is 7.35. The Balaban J connectivity index is 1.74. The summed E-state index contributed by atoms with van der Waals surface area (Å²) in [6.45, 7) is 5.75. The number of benzene rings is 1. The topological polar surface area (TPSA) is 94.4 Å². The SMILES string of the molecule is Cn1c(-c2ccc(S(C)(=O)=O)cc2)nc2c(C(F)(F)F)nc(C3=CCN(C(=O)OC(C)(C)C)CC3)cc21. The number of carbonyl (C=O) groups excluding carboxylic acids is 1. The van der Waals surface area contributed by atoms with Crippen LogP contribution in [-0.4, -0.2) is 58.9 Å². The Bertz CT molecular complexity index is 1500. The Morgan fingerprint density at radius 2 is 1.73 bits per heavy atom. The van der Waals surface area contributed by atoms with Crippen LogP contribution in [0.2, 0.25) is 0 Å². The molecule has 0 fully saturated rings. The second kappa shape index (κ2) is 9.16. The zero-order valence-electron chi connectivity index (χ0n) is 21.0. The number of ether oxygens (including phenoxy) is 1. The van der Waals surface area contributed by atoms with E-state index >= 15 is 0 Å². The van der Waals surface area contributed by atoms with Gasteiger partial charge in [0.2, 0.25) is 0 Å². The molecule has 1 amide bonds. The van der Waals surface area contributed by atoms with Crippen molar-refractivity contribution in [2.45, 2.75) is 43.9 Å². The number of amides is 1. The molecule has 0 unspecified atom stereocenters. The highest BCUT2D eigenvalue weighted by Gasteiger charge is 2.37. The molecule has 0 saturated heterocycles. The van der Waals surface area contributed by atoms with Crippen LogP contribution < -0.4 is 0 Å². The predicted octanol–water partition coefficient (Wildman–Crippen LogP) is 5.08. The molecule has 12 heteroatoms. The molecule has 3 aromatic rings. The molecule has 1 aliphatic rings. The molecule has 0 bridgehead atoms. The normalized spacial score (nSPS) is 15.1. The van der Waals surface area contributed by atoms with Crippen LogP contribution in [-0.2, 0) is 27.8 Å². The van der Waals surface area contributed by atoms with E-state index in [1.165, 1.54) is 33.7 Å². The Kier molecular flexibility index (Phi) is 6.60. The maximum absolute atomic E-state index is 14.1. The van der Waals surface area contributed by atoms with Crippen molar-refractivity contribution in [3.05, 3.63) is 47.8 Å². The van der Waals surface area contributed by atoms with Crippen molar-refractivity contribution in [3.8, 4) is 11.4 Å². The van der Waals surface area contributed by atoms with Gasteiger partial charge in [-0.2, -0.15) is 13.2 Å². The Hall–Kier alpha value is -3.41. The number of aryl methyl sites for hydroxylation is 1. The zero-order valence-corrected chi connectivity index (χ0v) is 21.9. The van der Waals surface area contributed by atoms with Gasteiger partial charge in [0.05, 0.1) is 16.1 Å². The minimum absolute atomic E-state index is 0.0969. The molecule has 0 aliphatic carbocycles. The molecule has 3 heterocycles. The average molecular weight is 537 g/mol. The molecule has 0 spiro atoms. The number of hydrogen-bond donors (Lipinski definition) is 0. The van der Waals surface area contributed by atoms with Crippen LogP contribution >= 0.6 is 0 Å². The molecule has 37 heavy (non-hydrogen) atoms. The number of alkyl halides is 3. The molecule has 1 aromatic carbocycles. The standard InChI is InChI=1S/C25H27F3N4O4S/c1-24(2,3)36-23(33)32-12-10-15(11-13-32)18-14-19-20(21(29-18)25(26,27)28)30-22(31(19)4)16-6-8-17(9-7-16)37(5,34)35/h6-10,14H,11-13H2,1-5H3. The molecule has 2 aromatic heterocycles. The van der Waals surface area contributed by atoms with E-state index in [1.807, 2.05) is 0 Å². The Morgan fingerprint density at radius 1 is 1.08 bits per heavy atom. The molecular formula is C25H27F3N4O4S. The summed E-state index contributed by atoms with van der Waals surface area (Å²) < 4.78 is 72.6. The van der Waals surface area contributed by atoms with Gasteiger partial charge in [0.15, 0.2) is 15.5 Å². The van der Waals surface area contributed by atoms with E-state index in [0.717, 1.165) is 6.26 Å². The lowest BCUT2D eigenvalue weighted by atomic mass is 10.0. The van der Waals surface area contributed by atoms with Gasteiger partial charge in [0, 0.05) is 32.0 Å². The van der Waals surface area contributed by atoms with Gasteiger partial charge in [-0.3, -0.25) is 0 Å². The Labute approximate surface area is 212 Å². The fourth-order valence-corrected chi connectivity index (χ4v) is 4.68. The van der Waals surface area contributed by atoms with Crippen LogP contribution in [0.1, 0.15) is 38.6 Å². The summed E-state index contributed by atoms with van der Waals surface area (Å²) in [5.74, 6) is 0.244. The summed E-state index contributed by atoms with van der Waals surface area (Å²) in [4.78, 5) is 22.1. The highest BCUT2D eigenvalue weighted by Crippen LogP contribution is 2.37. The maximum atomic E-state index is 14.1. The number of carbonyl (C=O) groups is 1. The average Bonchev–Trinajstić information content (AvgIpc) is 3.12. The number of hydrogen-bond acceptors (Lipinski definition) is 6. The molecule has 0 N–H and O–H groups in total. The van der Waals surface area contributed by atoms with Crippen molar-refractivity contribution in [3.63, 3.8) is 0 Å². The van der Waals surface area contributed by atoms with Gasteiger partial charge in [0.25, 0.3) is 0 Å². The van der Waals surface area contributed by atoms with Gasteiger partial charge in [-0.15, -0.1) is 0 Å². The lowest BCUT2D eigenvalue weighted by molar-refractivity contribution is -0.139. The van der Waals surface area contributed by atoms with E-state index in [0.29, 0.717) is 17.6 Å². The number of fused-ring (bicyclic) bond motifs is 1. The Morgan fingerprint density at radius 3 is 2.24 bits per heavy atom. The smallest absolute Gasteiger partial charge is 0.435 e. The van der Waals surface area contributed by atoms with Crippen LogP contribution in [0.5, 0.6) is 0 Å². The third-order valence-electron chi connectivity index (χ3n) is 5.87. The second-order valence-electron chi connectivity index (χ2n) is 9.92. The van der Waals surface area contributed by atoms with E-state index in [9.17, 15) is 26.4 Å². The third-order valence-corrected chi connectivity index (χ3v) is 7.00. The molecular weight excluding hydrogens is 509 g/mol. The van der Waals surface area contributed by atoms with Crippen molar-refractivity contribution < 1.29 is 31.1 Å². The number of nitrogens with zero attached hydrogens (tertiary/aromatic N) is 4. The highest BCUT2D eigenvalue weighted by atomic mass is 32.2. The van der Waals surface area contributed by atoms with Gasteiger partial charge < -0.3 is 14.2 Å². The van der Waals surface area contributed by atoms with Gasteiger partial charge in [0.1, 0.15) is 16.9 Å². The van der Waals surface area contributed by atoms with Crippen LogP contribution in [0.3, 0.4) is 0 Å². The van der Waals surface area contributed by atoms with E-state index in [2.05, 4.69) is 9.97 Å². The fraction of sp³-hybridized carbons (Fsp3) is 0.400. The first-order valence-electron chi connectivity index (χ1n) is 11.5. The van der Waals surface area contributed by atoms with Gasteiger partial charge in [-0.25, -0.2) is 23.2 Å². The lowest BCUT2D eigenvalue weighted by Crippen LogP contribution is -2.39. The van der Waals surface area contributed by atoms with Crippen molar-refractivity contribution in [2.24, 2.45) is 7.05 Å². The molecule has 0 atom stereocenters. The van der Waals surface area contributed by atoms with E-state index < -0.39 is 33.4 Å². The van der Waals surface area contributed by atoms with Crippen LogP contribution in [0.4, 0.5) is 18.0 Å². The van der Waals surface area contributed by atoms with Crippen LogP contribution in [0.25, 0.3) is 28.0 Å². The molecule has 0 radical (unpaired) electrons. The quantitative estimate of drug-likeness (QED) is 0.463. The van der Waals surface area contributed by atoms with Gasteiger partial charge >= 0.3 is 12.3 Å². The number of halogens is 3. The first kappa shape index (κ1) is 26.6. The van der Waals surface area contributed by atoms with Crippen molar-refractivity contribution in [1.82, 2.24) is 19.4 Å². The molecule has 198 valence electrons. The maximum Gasteiger partial charge on any atom is 0.435 e. The summed E-state index contributed by atoms with van der Waals surface area (Å²) in [5.41, 5.74) is -0.617. The van der Waals surface area contributed by atoms with E-state index in [-0.39, 0.29) is 40.5 Å². The largest absolute Gasteiger partial charge is 0.444 e.